The molecule has 0 amide bonds. The first-order valence-corrected chi connectivity index (χ1v) is 6.04. The van der Waals surface area contributed by atoms with Gasteiger partial charge in [-0.05, 0) is 49.9 Å². The van der Waals surface area contributed by atoms with Gasteiger partial charge in [0.25, 0.3) is 0 Å². The molecule has 0 spiro atoms. The predicted molar refractivity (Wildman–Crippen MR) is 57.9 cm³/mol. The topological polar surface area (TPSA) is 17.1 Å². The molecule has 0 aromatic carbocycles. The van der Waals surface area contributed by atoms with E-state index in [0.717, 1.165) is 24.2 Å². The van der Waals surface area contributed by atoms with Crippen molar-refractivity contribution < 1.29 is 4.79 Å². The Morgan fingerprint density at radius 3 is 2.36 bits per heavy atom. The van der Waals surface area contributed by atoms with E-state index < -0.39 is 0 Å². The predicted octanol–water partition coefficient (Wildman–Crippen LogP) is 3.28. The van der Waals surface area contributed by atoms with Gasteiger partial charge in [0.2, 0.25) is 0 Å². The summed E-state index contributed by atoms with van der Waals surface area (Å²) in [4.78, 5) is 11.8. The van der Waals surface area contributed by atoms with Gasteiger partial charge in [0.05, 0.1) is 0 Å². The molecule has 80 valence electrons. The molecule has 0 aromatic rings. The van der Waals surface area contributed by atoms with Crippen molar-refractivity contribution in [2.75, 3.05) is 0 Å². The first-order valence-electron chi connectivity index (χ1n) is 6.04. The minimum Gasteiger partial charge on any atom is -0.299 e. The van der Waals surface area contributed by atoms with Gasteiger partial charge >= 0.3 is 0 Å². The van der Waals surface area contributed by atoms with Crippen molar-refractivity contribution in [3.63, 3.8) is 0 Å². The van der Waals surface area contributed by atoms with E-state index in [2.05, 4.69) is 20.8 Å². The lowest BCUT2D eigenvalue weighted by atomic mass is 9.62. The van der Waals surface area contributed by atoms with Gasteiger partial charge in [-0.25, -0.2) is 0 Å². The second kappa shape index (κ2) is 3.08. The van der Waals surface area contributed by atoms with Crippen molar-refractivity contribution in [3.05, 3.63) is 0 Å². The average Bonchev–Trinajstić information content (AvgIpc) is 2.65. The lowest BCUT2D eigenvalue weighted by molar-refractivity contribution is -0.131. The van der Waals surface area contributed by atoms with Crippen LogP contribution in [0.4, 0.5) is 0 Å². The Labute approximate surface area is 87.3 Å². The first-order chi connectivity index (χ1) is 6.53. The third-order valence-corrected chi connectivity index (χ3v) is 5.43. The van der Waals surface area contributed by atoms with Crippen LogP contribution in [0.2, 0.25) is 0 Å². The lowest BCUT2D eigenvalue weighted by Crippen LogP contribution is -2.40. The molecule has 2 bridgehead atoms. The van der Waals surface area contributed by atoms with Crippen LogP contribution in [0.1, 0.15) is 47.0 Å². The Bertz CT molecular complexity index is 256. The molecular weight excluding hydrogens is 172 g/mol. The Morgan fingerprint density at radius 1 is 1.36 bits per heavy atom. The smallest absolute Gasteiger partial charge is 0.136 e. The second-order valence-corrected chi connectivity index (χ2v) is 5.59. The van der Waals surface area contributed by atoms with Crippen LogP contribution in [0.15, 0.2) is 0 Å². The molecule has 2 aliphatic rings. The summed E-state index contributed by atoms with van der Waals surface area (Å²) in [7, 11) is 0. The molecule has 5 atom stereocenters. The van der Waals surface area contributed by atoms with Gasteiger partial charge in [-0.2, -0.15) is 0 Å². The highest BCUT2D eigenvalue weighted by molar-refractivity contribution is 5.83. The Hall–Kier alpha value is -0.330. The van der Waals surface area contributed by atoms with E-state index in [-0.39, 0.29) is 5.41 Å². The molecule has 2 fully saturated rings. The quantitative estimate of drug-likeness (QED) is 0.659. The molecule has 0 radical (unpaired) electrons. The third kappa shape index (κ3) is 1.04. The second-order valence-electron chi connectivity index (χ2n) is 5.59. The normalized spacial score (nSPS) is 51.1. The molecule has 0 aliphatic heterocycles. The van der Waals surface area contributed by atoms with Crippen molar-refractivity contribution in [3.8, 4) is 0 Å². The Morgan fingerprint density at radius 2 is 2.00 bits per heavy atom. The van der Waals surface area contributed by atoms with Crippen molar-refractivity contribution in [2.24, 2.45) is 29.1 Å². The molecule has 2 saturated carbocycles. The van der Waals surface area contributed by atoms with E-state index in [4.69, 9.17) is 0 Å². The van der Waals surface area contributed by atoms with Gasteiger partial charge in [-0.3, -0.25) is 4.79 Å². The minimum atomic E-state index is 0.0661. The monoisotopic (exact) mass is 194 g/mol. The number of hydrogen-bond donors (Lipinski definition) is 0. The summed E-state index contributed by atoms with van der Waals surface area (Å²) in [6.45, 7) is 8.72. The molecule has 0 saturated heterocycles. The summed E-state index contributed by atoms with van der Waals surface area (Å²) in [6, 6.07) is 0. The van der Waals surface area contributed by atoms with Crippen molar-refractivity contribution in [1.29, 1.82) is 0 Å². The summed E-state index contributed by atoms with van der Waals surface area (Å²) < 4.78 is 0. The molecule has 5 unspecified atom stereocenters. The summed E-state index contributed by atoms with van der Waals surface area (Å²) in [6.07, 6.45) is 3.55. The highest BCUT2D eigenvalue weighted by Gasteiger charge is 2.58. The minimum absolute atomic E-state index is 0.0661. The molecule has 14 heavy (non-hydrogen) atoms. The fraction of sp³-hybridized carbons (Fsp3) is 0.923. The zero-order valence-electron chi connectivity index (χ0n) is 9.84. The largest absolute Gasteiger partial charge is 0.299 e. The average molecular weight is 194 g/mol. The van der Waals surface area contributed by atoms with Gasteiger partial charge in [0.1, 0.15) is 5.78 Å². The summed E-state index contributed by atoms with van der Waals surface area (Å²) >= 11 is 0. The number of rotatable bonds is 2. The summed E-state index contributed by atoms with van der Waals surface area (Å²) in [5, 5.41) is 0. The lowest BCUT2D eigenvalue weighted by Gasteiger charge is -2.40. The molecular formula is C13H22O. The van der Waals surface area contributed by atoms with Gasteiger partial charge in [0.15, 0.2) is 0 Å². The standard InChI is InChI=1S/C13H22O/c1-5-13(10(4)14)7-11-6-12(13)9(3)8(11)2/h8-9,11-12H,5-7H2,1-4H3. The van der Waals surface area contributed by atoms with E-state index in [1.54, 1.807) is 0 Å². The highest BCUT2D eigenvalue weighted by atomic mass is 16.1. The number of carbonyl (C=O) groups is 1. The highest BCUT2D eigenvalue weighted by Crippen LogP contribution is 2.62. The van der Waals surface area contributed by atoms with Crippen LogP contribution < -0.4 is 0 Å². The maximum Gasteiger partial charge on any atom is 0.136 e. The molecule has 2 aliphatic carbocycles. The number of ketones is 1. The van der Waals surface area contributed by atoms with E-state index in [0.29, 0.717) is 11.7 Å². The molecule has 1 heteroatoms. The summed E-state index contributed by atoms with van der Waals surface area (Å²) in [5.41, 5.74) is 0.0661. The zero-order chi connectivity index (χ0) is 10.5. The molecule has 0 N–H and O–H groups in total. The summed E-state index contributed by atoms with van der Waals surface area (Å²) in [5.74, 6) is 3.58. The SMILES string of the molecule is CCC1(C(C)=O)CC2CC1C(C)C2C. The van der Waals surface area contributed by atoms with Crippen LogP contribution in [0.3, 0.4) is 0 Å². The van der Waals surface area contributed by atoms with Crippen molar-refractivity contribution >= 4 is 5.78 Å². The molecule has 0 aromatic heterocycles. The fourth-order valence-electron chi connectivity index (χ4n) is 4.23. The van der Waals surface area contributed by atoms with Crippen molar-refractivity contribution in [2.45, 2.75) is 47.0 Å². The number of Topliss-reactive ketones (excluding diaryl/α,β-unsaturated/α-hetero) is 1. The van der Waals surface area contributed by atoms with Gasteiger partial charge in [-0.15, -0.1) is 0 Å². The molecule has 2 rings (SSSR count). The van der Waals surface area contributed by atoms with Crippen molar-refractivity contribution in [1.82, 2.24) is 0 Å². The van der Waals surface area contributed by atoms with E-state index in [1.807, 2.05) is 6.92 Å². The van der Waals surface area contributed by atoms with Crippen LogP contribution in [-0.4, -0.2) is 5.78 Å². The third-order valence-electron chi connectivity index (χ3n) is 5.43. The molecule has 1 nitrogen and oxygen atoms in total. The maximum absolute atomic E-state index is 11.8. The first kappa shape index (κ1) is 10.2. The van der Waals surface area contributed by atoms with Gasteiger partial charge < -0.3 is 0 Å². The Balaban J connectivity index is 2.30. The van der Waals surface area contributed by atoms with Crippen LogP contribution in [0, 0.1) is 29.1 Å². The van der Waals surface area contributed by atoms with E-state index >= 15 is 0 Å². The Kier molecular flexibility index (Phi) is 2.24. The maximum atomic E-state index is 11.8. The van der Waals surface area contributed by atoms with Crippen LogP contribution >= 0.6 is 0 Å². The zero-order valence-corrected chi connectivity index (χ0v) is 9.84. The number of hydrogen-bond acceptors (Lipinski definition) is 1. The van der Waals surface area contributed by atoms with Crippen LogP contribution in [-0.2, 0) is 4.79 Å². The number of fused-ring (bicyclic) bond motifs is 2. The van der Waals surface area contributed by atoms with Gasteiger partial charge in [-0.1, -0.05) is 20.8 Å². The van der Waals surface area contributed by atoms with Gasteiger partial charge in [0, 0.05) is 5.41 Å². The molecule has 0 heterocycles. The van der Waals surface area contributed by atoms with Crippen LogP contribution in [0.5, 0.6) is 0 Å². The van der Waals surface area contributed by atoms with E-state index in [1.165, 1.54) is 12.8 Å². The number of carbonyl (C=O) groups excluding carboxylic acids is 1. The van der Waals surface area contributed by atoms with Crippen LogP contribution in [0.25, 0.3) is 0 Å². The van der Waals surface area contributed by atoms with E-state index in [9.17, 15) is 4.79 Å². The fourth-order valence-corrected chi connectivity index (χ4v) is 4.23.